The highest BCUT2D eigenvalue weighted by Crippen LogP contribution is 2.26. The number of benzene rings is 2. The fourth-order valence-corrected chi connectivity index (χ4v) is 2.76. The molecule has 1 N–H and O–H groups in total. The van der Waals surface area contributed by atoms with Crippen molar-refractivity contribution in [3.05, 3.63) is 69.7 Å². The lowest BCUT2D eigenvalue weighted by molar-refractivity contribution is 0.104. The summed E-state index contributed by atoms with van der Waals surface area (Å²) in [6.07, 6.45) is 4.03. The number of ketones is 1. The Morgan fingerprint density at radius 2 is 1.74 bits per heavy atom. The van der Waals surface area contributed by atoms with Gasteiger partial charge >= 0.3 is 0 Å². The van der Waals surface area contributed by atoms with Gasteiger partial charge in [-0.2, -0.15) is 0 Å². The van der Waals surface area contributed by atoms with Crippen molar-refractivity contribution in [3.8, 4) is 0 Å². The van der Waals surface area contributed by atoms with Crippen LogP contribution in [0.4, 0.5) is 5.69 Å². The lowest BCUT2D eigenvalue weighted by Gasteiger charge is -2.04. The fourth-order valence-electron chi connectivity index (χ4n) is 1.83. The maximum atomic E-state index is 12.1. The molecule has 0 saturated heterocycles. The second-order valence-corrected chi connectivity index (χ2v) is 7.33. The first kappa shape index (κ1) is 17.5. The Morgan fingerprint density at radius 3 is 2.35 bits per heavy atom. The van der Waals surface area contributed by atoms with E-state index in [-0.39, 0.29) is 5.78 Å². The number of halogens is 2. The highest BCUT2D eigenvalue weighted by atomic mass is 35.5. The van der Waals surface area contributed by atoms with Crippen LogP contribution in [0.25, 0.3) is 6.08 Å². The van der Waals surface area contributed by atoms with Gasteiger partial charge in [0.15, 0.2) is 5.78 Å². The van der Waals surface area contributed by atoms with Crippen LogP contribution in [0.2, 0.25) is 10.0 Å². The Labute approximate surface area is 144 Å². The van der Waals surface area contributed by atoms with Gasteiger partial charge in [0.05, 0.1) is 16.3 Å². The average molecular weight is 370 g/mol. The number of hydrogen-bond donors (Lipinski definition) is 1. The molecule has 0 aliphatic heterocycles. The highest BCUT2D eigenvalue weighted by Gasteiger charge is 2.06. The minimum absolute atomic E-state index is 0.230. The topological polar surface area (TPSA) is 63.2 Å². The van der Waals surface area contributed by atoms with Crippen LogP contribution in [0, 0.1) is 0 Å². The number of rotatable bonds is 5. The van der Waals surface area contributed by atoms with Crippen molar-refractivity contribution in [2.45, 2.75) is 0 Å². The zero-order valence-corrected chi connectivity index (χ0v) is 14.4. The molecular formula is C16H13Cl2NO3S. The predicted molar refractivity (Wildman–Crippen MR) is 94.7 cm³/mol. The van der Waals surface area contributed by atoms with Gasteiger partial charge in [0.1, 0.15) is 0 Å². The first-order chi connectivity index (χ1) is 10.8. The number of anilines is 1. The Balaban J connectivity index is 2.14. The van der Waals surface area contributed by atoms with Crippen molar-refractivity contribution in [1.82, 2.24) is 0 Å². The van der Waals surface area contributed by atoms with E-state index in [1.165, 1.54) is 18.2 Å². The van der Waals surface area contributed by atoms with E-state index in [9.17, 15) is 13.2 Å². The second kappa shape index (κ2) is 7.17. The number of carbonyl (C=O) groups is 1. The van der Waals surface area contributed by atoms with Crippen molar-refractivity contribution in [3.63, 3.8) is 0 Å². The summed E-state index contributed by atoms with van der Waals surface area (Å²) < 4.78 is 24.6. The molecule has 0 fully saturated rings. The summed E-state index contributed by atoms with van der Waals surface area (Å²) in [6, 6.07) is 11.3. The van der Waals surface area contributed by atoms with Crippen LogP contribution in [0.5, 0.6) is 0 Å². The Morgan fingerprint density at radius 1 is 1.09 bits per heavy atom. The molecule has 0 spiro atoms. The third-order valence-electron chi connectivity index (χ3n) is 2.87. The smallest absolute Gasteiger partial charge is 0.229 e. The normalized spacial score (nSPS) is 11.6. The SMILES string of the molecule is CS(=O)(=O)Nc1ccc(C(=O)/C=C/c2cccc(Cl)c2Cl)cc1. The summed E-state index contributed by atoms with van der Waals surface area (Å²) in [5.41, 5.74) is 1.47. The van der Waals surface area contributed by atoms with E-state index in [0.717, 1.165) is 6.26 Å². The zero-order chi connectivity index (χ0) is 17.0. The molecule has 0 atom stereocenters. The second-order valence-electron chi connectivity index (χ2n) is 4.79. The molecule has 120 valence electrons. The van der Waals surface area contributed by atoms with Crippen LogP contribution >= 0.6 is 23.2 Å². The van der Waals surface area contributed by atoms with Gasteiger partial charge in [0.25, 0.3) is 0 Å². The first-order valence-corrected chi connectivity index (χ1v) is 9.15. The third kappa shape index (κ3) is 5.10. The van der Waals surface area contributed by atoms with E-state index < -0.39 is 10.0 Å². The van der Waals surface area contributed by atoms with Crippen molar-refractivity contribution in [2.75, 3.05) is 11.0 Å². The van der Waals surface area contributed by atoms with Crippen LogP contribution in [0.3, 0.4) is 0 Å². The van der Waals surface area contributed by atoms with Crippen molar-refractivity contribution in [1.29, 1.82) is 0 Å². The molecule has 0 aromatic heterocycles. The monoisotopic (exact) mass is 369 g/mol. The molecule has 0 heterocycles. The van der Waals surface area contributed by atoms with Gasteiger partial charge in [-0.1, -0.05) is 35.3 Å². The Bertz CT molecular complexity index is 859. The largest absolute Gasteiger partial charge is 0.289 e. The minimum Gasteiger partial charge on any atom is -0.289 e. The molecule has 2 rings (SSSR count). The minimum atomic E-state index is -3.34. The van der Waals surface area contributed by atoms with Crippen LogP contribution in [0.15, 0.2) is 48.5 Å². The van der Waals surface area contributed by atoms with Gasteiger partial charge in [-0.25, -0.2) is 8.42 Å². The van der Waals surface area contributed by atoms with E-state index in [2.05, 4.69) is 4.72 Å². The highest BCUT2D eigenvalue weighted by molar-refractivity contribution is 7.92. The lowest BCUT2D eigenvalue weighted by Crippen LogP contribution is -2.09. The molecule has 7 heteroatoms. The van der Waals surface area contributed by atoms with E-state index in [4.69, 9.17) is 23.2 Å². The summed E-state index contributed by atoms with van der Waals surface area (Å²) in [4.78, 5) is 12.1. The van der Waals surface area contributed by atoms with E-state index in [1.54, 1.807) is 36.4 Å². The summed E-state index contributed by atoms with van der Waals surface area (Å²) >= 11 is 12.0. The lowest BCUT2D eigenvalue weighted by atomic mass is 10.1. The van der Waals surface area contributed by atoms with Gasteiger partial charge < -0.3 is 0 Å². The van der Waals surface area contributed by atoms with E-state index >= 15 is 0 Å². The number of allylic oxidation sites excluding steroid dienone is 1. The van der Waals surface area contributed by atoms with Crippen LogP contribution < -0.4 is 4.72 Å². The van der Waals surface area contributed by atoms with E-state index in [1.807, 2.05) is 0 Å². The summed E-state index contributed by atoms with van der Waals surface area (Å²) in [5.74, 6) is -0.230. The first-order valence-electron chi connectivity index (χ1n) is 6.50. The summed E-state index contributed by atoms with van der Waals surface area (Å²) in [7, 11) is -3.34. The molecule has 0 unspecified atom stereocenters. The summed E-state index contributed by atoms with van der Waals surface area (Å²) in [5, 5.41) is 0.795. The molecule has 0 bridgehead atoms. The van der Waals surface area contributed by atoms with Crippen molar-refractivity contribution < 1.29 is 13.2 Å². The predicted octanol–water partition coefficient (Wildman–Crippen LogP) is 4.26. The quantitative estimate of drug-likeness (QED) is 0.632. The molecule has 0 amide bonds. The third-order valence-corrected chi connectivity index (χ3v) is 4.31. The van der Waals surface area contributed by atoms with Crippen molar-refractivity contribution in [2.24, 2.45) is 0 Å². The Hall–Kier alpha value is -1.82. The summed E-state index contributed by atoms with van der Waals surface area (Å²) in [6.45, 7) is 0. The van der Waals surface area contributed by atoms with Crippen LogP contribution in [-0.2, 0) is 10.0 Å². The van der Waals surface area contributed by atoms with Gasteiger partial charge in [0.2, 0.25) is 10.0 Å². The molecule has 0 radical (unpaired) electrons. The number of carbonyl (C=O) groups excluding carboxylic acids is 1. The van der Waals surface area contributed by atoms with Gasteiger partial charge in [-0.3, -0.25) is 9.52 Å². The number of nitrogens with one attached hydrogen (secondary N) is 1. The van der Waals surface area contributed by atoms with Gasteiger partial charge in [-0.15, -0.1) is 0 Å². The molecule has 0 aliphatic rings. The standard InChI is InChI=1S/C16H13Cl2NO3S/c1-23(21,22)19-13-8-5-11(6-9-13)15(20)10-7-12-3-2-4-14(17)16(12)18/h2-10,19H,1H3/b10-7+. The molecule has 0 saturated carbocycles. The molecule has 4 nitrogen and oxygen atoms in total. The number of sulfonamides is 1. The molecular weight excluding hydrogens is 357 g/mol. The van der Waals surface area contributed by atoms with E-state index in [0.29, 0.717) is 26.9 Å². The fraction of sp³-hybridized carbons (Fsp3) is 0.0625. The van der Waals surface area contributed by atoms with Crippen LogP contribution in [-0.4, -0.2) is 20.5 Å². The van der Waals surface area contributed by atoms with Crippen LogP contribution in [0.1, 0.15) is 15.9 Å². The van der Waals surface area contributed by atoms with Crippen molar-refractivity contribution >= 4 is 50.8 Å². The molecule has 2 aromatic carbocycles. The number of hydrogen-bond acceptors (Lipinski definition) is 3. The average Bonchev–Trinajstić information content (AvgIpc) is 2.47. The molecule has 2 aromatic rings. The van der Waals surface area contributed by atoms with Gasteiger partial charge in [0, 0.05) is 11.3 Å². The molecule has 23 heavy (non-hydrogen) atoms. The Kier molecular flexibility index (Phi) is 5.46. The zero-order valence-electron chi connectivity index (χ0n) is 12.1. The van der Waals surface area contributed by atoms with Gasteiger partial charge in [-0.05, 0) is 48.0 Å². The maximum Gasteiger partial charge on any atom is 0.229 e. The molecule has 0 aliphatic carbocycles. The maximum absolute atomic E-state index is 12.1.